The van der Waals surface area contributed by atoms with Crippen molar-refractivity contribution in [2.75, 3.05) is 0 Å². The van der Waals surface area contributed by atoms with Gasteiger partial charge in [-0.15, -0.1) is 0 Å². The van der Waals surface area contributed by atoms with Crippen molar-refractivity contribution in [3.8, 4) is 0 Å². The Morgan fingerprint density at radius 3 is 3.00 bits per heavy atom. The molecule has 88 valence electrons. The average Bonchev–Trinajstić information content (AvgIpc) is 2.73. The zero-order chi connectivity index (χ0) is 12.3. The standard InChI is InChI=1S/C12H12ClN3O/c1-16-5-3-9(8-16)6-15-12(17)10-2-4-14-7-11(10)13/h2-5,7-8H,6H2,1H3,(H,15,17). The van der Waals surface area contributed by atoms with Gasteiger partial charge in [-0.2, -0.15) is 0 Å². The molecule has 0 bridgehead atoms. The number of aromatic nitrogens is 2. The molecule has 0 atom stereocenters. The summed E-state index contributed by atoms with van der Waals surface area (Å²) in [6.45, 7) is 0.484. The van der Waals surface area contributed by atoms with E-state index in [1.807, 2.05) is 30.1 Å². The average molecular weight is 250 g/mol. The van der Waals surface area contributed by atoms with E-state index in [1.54, 1.807) is 12.3 Å². The topological polar surface area (TPSA) is 46.9 Å². The molecule has 0 aliphatic rings. The number of pyridine rings is 1. The summed E-state index contributed by atoms with van der Waals surface area (Å²) >= 11 is 5.88. The Labute approximate surface area is 104 Å². The molecule has 0 unspecified atom stereocenters. The van der Waals surface area contributed by atoms with Gasteiger partial charge in [0.1, 0.15) is 0 Å². The molecule has 0 radical (unpaired) electrons. The number of carbonyl (C=O) groups is 1. The van der Waals surface area contributed by atoms with Gasteiger partial charge in [-0.1, -0.05) is 11.6 Å². The molecule has 17 heavy (non-hydrogen) atoms. The van der Waals surface area contributed by atoms with Crippen LogP contribution in [0.5, 0.6) is 0 Å². The first-order valence-corrected chi connectivity index (χ1v) is 5.53. The summed E-state index contributed by atoms with van der Waals surface area (Å²) in [4.78, 5) is 15.6. The fraction of sp³-hybridized carbons (Fsp3) is 0.167. The predicted molar refractivity (Wildman–Crippen MR) is 65.8 cm³/mol. The van der Waals surface area contributed by atoms with E-state index < -0.39 is 0 Å². The van der Waals surface area contributed by atoms with Crippen LogP contribution in [-0.4, -0.2) is 15.5 Å². The number of hydrogen-bond acceptors (Lipinski definition) is 2. The summed E-state index contributed by atoms with van der Waals surface area (Å²) < 4.78 is 1.93. The van der Waals surface area contributed by atoms with Gasteiger partial charge in [0.2, 0.25) is 0 Å². The third-order valence-corrected chi connectivity index (χ3v) is 2.66. The molecule has 0 aliphatic heterocycles. The Hall–Kier alpha value is -1.81. The highest BCUT2D eigenvalue weighted by Crippen LogP contribution is 2.13. The lowest BCUT2D eigenvalue weighted by molar-refractivity contribution is 0.0951. The molecular weight excluding hydrogens is 238 g/mol. The number of halogens is 1. The van der Waals surface area contributed by atoms with Crippen LogP contribution < -0.4 is 5.32 Å². The molecule has 0 fully saturated rings. The Morgan fingerprint density at radius 1 is 1.53 bits per heavy atom. The van der Waals surface area contributed by atoms with Gasteiger partial charge < -0.3 is 9.88 Å². The van der Waals surface area contributed by atoms with Gasteiger partial charge in [0.05, 0.1) is 10.6 Å². The molecule has 0 aliphatic carbocycles. The van der Waals surface area contributed by atoms with Crippen LogP contribution in [0.25, 0.3) is 0 Å². The number of hydrogen-bond donors (Lipinski definition) is 1. The highest BCUT2D eigenvalue weighted by Gasteiger charge is 2.09. The molecule has 2 rings (SSSR count). The second kappa shape index (κ2) is 5.01. The zero-order valence-electron chi connectivity index (χ0n) is 9.35. The maximum Gasteiger partial charge on any atom is 0.253 e. The Bertz CT molecular complexity index is 536. The summed E-state index contributed by atoms with van der Waals surface area (Å²) in [5, 5.41) is 3.16. The van der Waals surface area contributed by atoms with Gasteiger partial charge >= 0.3 is 0 Å². The van der Waals surface area contributed by atoms with Crippen molar-refractivity contribution in [2.24, 2.45) is 7.05 Å². The highest BCUT2D eigenvalue weighted by atomic mass is 35.5. The van der Waals surface area contributed by atoms with E-state index in [0.717, 1.165) is 5.56 Å². The third kappa shape index (κ3) is 2.85. The van der Waals surface area contributed by atoms with Crippen molar-refractivity contribution in [3.63, 3.8) is 0 Å². The highest BCUT2D eigenvalue weighted by molar-refractivity contribution is 6.33. The molecule has 2 aromatic rings. The van der Waals surface area contributed by atoms with E-state index in [9.17, 15) is 4.79 Å². The quantitative estimate of drug-likeness (QED) is 0.905. The zero-order valence-corrected chi connectivity index (χ0v) is 10.1. The summed E-state index contributed by atoms with van der Waals surface area (Å²) in [6, 6.07) is 3.55. The minimum absolute atomic E-state index is 0.193. The first-order valence-electron chi connectivity index (χ1n) is 5.15. The number of aryl methyl sites for hydroxylation is 1. The van der Waals surface area contributed by atoms with E-state index >= 15 is 0 Å². The van der Waals surface area contributed by atoms with Crippen LogP contribution in [0.15, 0.2) is 36.9 Å². The van der Waals surface area contributed by atoms with E-state index in [0.29, 0.717) is 17.1 Å². The van der Waals surface area contributed by atoms with Crippen molar-refractivity contribution in [2.45, 2.75) is 6.54 Å². The molecule has 0 saturated heterocycles. The van der Waals surface area contributed by atoms with Gasteiger partial charge in [-0.25, -0.2) is 0 Å². The molecule has 5 heteroatoms. The first kappa shape index (κ1) is 11.7. The summed E-state index contributed by atoms with van der Waals surface area (Å²) in [7, 11) is 1.94. The Balaban J connectivity index is 2.01. The molecule has 2 aromatic heterocycles. The predicted octanol–water partition coefficient (Wildman–Crippen LogP) is 2.00. The van der Waals surface area contributed by atoms with Crippen LogP contribution >= 0.6 is 11.6 Å². The van der Waals surface area contributed by atoms with Crippen molar-refractivity contribution < 1.29 is 4.79 Å². The van der Waals surface area contributed by atoms with Crippen molar-refractivity contribution >= 4 is 17.5 Å². The second-order valence-electron chi connectivity index (χ2n) is 3.72. The van der Waals surface area contributed by atoms with Crippen LogP contribution in [0.4, 0.5) is 0 Å². The number of rotatable bonds is 3. The van der Waals surface area contributed by atoms with Gasteiger partial charge in [0.25, 0.3) is 5.91 Å². The lowest BCUT2D eigenvalue weighted by atomic mass is 10.2. The van der Waals surface area contributed by atoms with Crippen LogP contribution in [0.3, 0.4) is 0 Å². The second-order valence-corrected chi connectivity index (χ2v) is 4.13. The molecule has 0 spiro atoms. The summed E-state index contributed by atoms with van der Waals surface area (Å²) in [6.07, 6.45) is 6.89. The lowest BCUT2D eigenvalue weighted by Crippen LogP contribution is -2.22. The van der Waals surface area contributed by atoms with Crippen molar-refractivity contribution in [1.82, 2.24) is 14.9 Å². The Morgan fingerprint density at radius 2 is 2.35 bits per heavy atom. The van der Waals surface area contributed by atoms with Gasteiger partial charge in [-0.05, 0) is 17.7 Å². The van der Waals surface area contributed by atoms with Gasteiger partial charge in [0.15, 0.2) is 0 Å². The molecule has 4 nitrogen and oxygen atoms in total. The lowest BCUT2D eigenvalue weighted by Gasteiger charge is -2.04. The minimum atomic E-state index is -0.193. The molecule has 2 heterocycles. The minimum Gasteiger partial charge on any atom is -0.357 e. The summed E-state index contributed by atoms with van der Waals surface area (Å²) in [5.41, 5.74) is 1.49. The maximum absolute atomic E-state index is 11.8. The SMILES string of the molecule is Cn1ccc(CNC(=O)c2ccncc2Cl)c1. The van der Waals surface area contributed by atoms with Crippen LogP contribution in [0, 0.1) is 0 Å². The number of nitrogens with zero attached hydrogens (tertiary/aromatic N) is 2. The van der Waals surface area contributed by atoms with Crippen LogP contribution in [0.2, 0.25) is 5.02 Å². The largest absolute Gasteiger partial charge is 0.357 e. The molecular formula is C12H12ClN3O. The van der Waals surface area contributed by atoms with Crippen molar-refractivity contribution in [3.05, 3.63) is 53.1 Å². The molecule has 0 aromatic carbocycles. The monoisotopic (exact) mass is 249 g/mol. The summed E-state index contributed by atoms with van der Waals surface area (Å²) in [5.74, 6) is -0.193. The normalized spacial score (nSPS) is 10.2. The van der Waals surface area contributed by atoms with E-state index in [2.05, 4.69) is 10.3 Å². The number of carbonyl (C=O) groups excluding carboxylic acids is 1. The van der Waals surface area contributed by atoms with E-state index in [4.69, 9.17) is 11.6 Å². The fourth-order valence-corrected chi connectivity index (χ4v) is 1.71. The van der Waals surface area contributed by atoms with Crippen LogP contribution in [-0.2, 0) is 13.6 Å². The van der Waals surface area contributed by atoms with E-state index in [-0.39, 0.29) is 5.91 Å². The number of nitrogens with one attached hydrogen (secondary N) is 1. The van der Waals surface area contributed by atoms with Gasteiger partial charge in [0, 0.05) is 38.4 Å². The van der Waals surface area contributed by atoms with Crippen LogP contribution in [0.1, 0.15) is 15.9 Å². The fourth-order valence-electron chi connectivity index (χ4n) is 1.50. The first-order chi connectivity index (χ1) is 8.16. The smallest absolute Gasteiger partial charge is 0.253 e. The maximum atomic E-state index is 11.8. The van der Waals surface area contributed by atoms with E-state index in [1.165, 1.54) is 6.20 Å². The Kier molecular flexibility index (Phi) is 3.44. The molecule has 1 amide bonds. The van der Waals surface area contributed by atoms with Crippen molar-refractivity contribution in [1.29, 1.82) is 0 Å². The van der Waals surface area contributed by atoms with Gasteiger partial charge in [-0.3, -0.25) is 9.78 Å². The number of amides is 1. The molecule has 0 saturated carbocycles. The molecule has 1 N–H and O–H groups in total. The third-order valence-electron chi connectivity index (χ3n) is 2.36.